The molecular weight excluding hydrogens is 190 g/mol. The molecule has 13 heavy (non-hydrogen) atoms. The van der Waals surface area contributed by atoms with Crippen LogP contribution in [-0.2, 0) is 4.79 Å². The van der Waals surface area contributed by atoms with Crippen LogP contribution >= 0.6 is 11.8 Å². The Morgan fingerprint density at radius 1 is 1.62 bits per heavy atom. The molecule has 0 spiro atoms. The van der Waals surface area contributed by atoms with Gasteiger partial charge in [-0.2, -0.15) is 5.26 Å². The van der Waals surface area contributed by atoms with Gasteiger partial charge in [0.15, 0.2) is 5.69 Å². The first-order chi connectivity index (χ1) is 6.22. The second kappa shape index (κ2) is 4.42. The molecular formula is C7H5N3O2S. The Balaban J connectivity index is 2.60. The molecule has 0 aromatic carbocycles. The minimum Gasteiger partial charge on any atom is -0.481 e. The van der Waals surface area contributed by atoms with E-state index in [2.05, 4.69) is 9.97 Å². The lowest BCUT2D eigenvalue weighted by Gasteiger charge is -1.95. The maximum absolute atomic E-state index is 10.2. The molecule has 0 aliphatic carbocycles. The normalized spacial score (nSPS) is 9.15. The van der Waals surface area contributed by atoms with Crippen LogP contribution < -0.4 is 0 Å². The smallest absolute Gasteiger partial charge is 0.313 e. The fraction of sp³-hybridized carbons (Fsp3) is 0.143. The molecule has 1 rings (SSSR count). The molecule has 0 amide bonds. The summed E-state index contributed by atoms with van der Waals surface area (Å²) in [5.41, 5.74) is 0.222. The monoisotopic (exact) mass is 195 g/mol. The second-order valence-electron chi connectivity index (χ2n) is 2.03. The van der Waals surface area contributed by atoms with E-state index in [4.69, 9.17) is 10.4 Å². The van der Waals surface area contributed by atoms with Crippen LogP contribution in [0.25, 0.3) is 0 Å². The van der Waals surface area contributed by atoms with Gasteiger partial charge in [0, 0.05) is 0 Å². The summed E-state index contributed by atoms with van der Waals surface area (Å²) >= 11 is 1.07. The van der Waals surface area contributed by atoms with E-state index in [1.54, 1.807) is 0 Å². The molecule has 0 bridgehead atoms. The predicted octanol–water partition coefficient (Wildman–Crippen LogP) is 0.525. The molecule has 0 unspecified atom stereocenters. The molecule has 1 N–H and O–H groups in total. The van der Waals surface area contributed by atoms with E-state index in [1.165, 1.54) is 12.4 Å². The lowest BCUT2D eigenvalue weighted by Crippen LogP contribution is -1.98. The number of aliphatic carboxylic acids is 1. The van der Waals surface area contributed by atoms with Crippen LogP contribution in [0.4, 0.5) is 0 Å². The quantitative estimate of drug-likeness (QED) is 0.707. The van der Waals surface area contributed by atoms with Crippen molar-refractivity contribution in [1.82, 2.24) is 9.97 Å². The first-order valence-electron chi connectivity index (χ1n) is 3.29. The van der Waals surface area contributed by atoms with E-state index >= 15 is 0 Å². The van der Waals surface area contributed by atoms with Gasteiger partial charge >= 0.3 is 5.97 Å². The van der Waals surface area contributed by atoms with Crippen molar-refractivity contribution in [1.29, 1.82) is 5.26 Å². The molecule has 0 radical (unpaired) electrons. The highest BCUT2D eigenvalue weighted by atomic mass is 32.2. The Morgan fingerprint density at radius 3 is 2.85 bits per heavy atom. The first-order valence-corrected chi connectivity index (χ1v) is 4.27. The van der Waals surface area contributed by atoms with Gasteiger partial charge in [-0.3, -0.25) is 4.79 Å². The zero-order valence-electron chi connectivity index (χ0n) is 6.47. The average molecular weight is 195 g/mol. The van der Waals surface area contributed by atoms with Gasteiger partial charge < -0.3 is 5.11 Å². The number of rotatable bonds is 3. The molecule has 6 heteroatoms. The summed E-state index contributed by atoms with van der Waals surface area (Å²) in [7, 11) is 0. The number of hydrogen-bond donors (Lipinski definition) is 1. The summed E-state index contributed by atoms with van der Waals surface area (Å²) < 4.78 is 0. The molecule has 0 aliphatic heterocycles. The molecule has 0 saturated heterocycles. The number of carboxylic acid groups (broad SMARTS) is 1. The summed E-state index contributed by atoms with van der Waals surface area (Å²) in [6.07, 6.45) is 2.69. The number of nitriles is 1. The number of carbonyl (C=O) groups is 1. The molecule has 0 aliphatic rings. The van der Waals surface area contributed by atoms with Gasteiger partial charge in [-0.15, -0.1) is 0 Å². The Kier molecular flexibility index (Phi) is 3.23. The van der Waals surface area contributed by atoms with Gasteiger partial charge in [-0.05, 0) is 0 Å². The number of nitrogens with zero attached hydrogens (tertiary/aromatic N) is 3. The summed E-state index contributed by atoms with van der Waals surface area (Å²) in [5.74, 6) is -0.961. The van der Waals surface area contributed by atoms with Crippen LogP contribution in [-0.4, -0.2) is 26.8 Å². The van der Waals surface area contributed by atoms with Gasteiger partial charge in [0.05, 0.1) is 18.1 Å². The van der Waals surface area contributed by atoms with Gasteiger partial charge in [0.2, 0.25) is 0 Å². The third-order valence-corrected chi connectivity index (χ3v) is 1.98. The van der Waals surface area contributed by atoms with E-state index in [0.717, 1.165) is 11.8 Å². The predicted molar refractivity (Wildman–Crippen MR) is 45.1 cm³/mol. The van der Waals surface area contributed by atoms with E-state index < -0.39 is 5.97 Å². The highest BCUT2D eigenvalue weighted by molar-refractivity contribution is 7.99. The second-order valence-corrected chi connectivity index (χ2v) is 3.03. The number of thioether (sulfide) groups is 1. The molecule has 1 aromatic heterocycles. The van der Waals surface area contributed by atoms with Crippen molar-refractivity contribution in [2.24, 2.45) is 0 Å². The average Bonchev–Trinajstić information content (AvgIpc) is 2.15. The minimum atomic E-state index is -0.906. The summed E-state index contributed by atoms with van der Waals surface area (Å²) in [6, 6.07) is 1.82. The molecule has 0 fully saturated rings. The Hall–Kier alpha value is -1.61. The zero-order valence-corrected chi connectivity index (χ0v) is 7.28. The SMILES string of the molecule is N#Cc1cnc(SCC(=O)O)cn1. The van der Waals surface area contributed by atoms with E-state index in [-0.39, 0.29) is 11.4 Å². The van der Waals surface area contributed by atoms with Gasteiger partial charge in [-0.25, -0.2) is 9.97 Å². The Morgan fingerprint density at radius 2 is 2.38 bits per heavy atom. The van der Waals surface area contributed by atoms with Crippen LogP contribution in [0.1, 0.15) is 5.69 Å². The van der Waals surface area contributed by atoms with Crippen LogP contribution in [0.15, 0.2) is 17.4 Å². The minimum absolute atomic E-state index is 0.0550. The number of hydrogen-bond acceptors (Lipinski definition) is 5. The van der Waals surface area contributed by atoms with Crippen LogP contribution in [0.2, 0.25) is 0 Å². The molecule has 1 aromatic rings. The first kappa shape index (κ1) is 9.48. The van der Waals surface area contributed by atoms with Crippen LogP contribution in [0.3, 0.4) is 0 Å². The lowest BCUT2D eigenvalue weighted by atomic mass is 10.5. The highest BCUT2D eigenvalue weighted by Crippen LogP contribution is 2.12. The van der Waals surface area contributed by atoms with Crippen molar-refractivity contribution < 1.29 is 9.90 Å². The topological polar surface area (TPSA) is 86.9 Å². The van der Waals surface area contributed by atoms with E-state index in [0.29, 0.717) is 5.03 Å². The van der Waals surface area contributed by atoms with Crippen LogP contribution in [0, 0.1) is 11.3 Å². The fourth-order valence-electron chi connectivity index (χ4n) is 0.584. The molecule has 66 valence electrons. The summed E-state index contributed by atoms with van der Waals surface area (Å²) in [5, 5.41) is 17.2. The number of carboxylic acids is 1. The standard InChI is InChI=1S/C7H5N3O2S/c8-1-5-2-10-6(3-9-5)13-4-7(11)12/h2-3H,4H2,(H,11,12). The maximum Gasteiger partial charge on any atom is 0.313 e. The van der Waals surface area contributed by atoms with Crippen molar-refractivity contribution in [2.75, 3.05) is 5.75 Å². The van der Waals surface area contributed by atoms with E-state index in [9.17, 15) is 4.79 Å². The Bertz CT molecular complexity index is 344. The van der Waals surface area contributed by atoms with Crippen molar-refractivity contribution >= 4 is 17.7 Å². The third kappa shape index (κ3) is 3.09. The van der Waals surface area contributed by atoms with E-state index in [1.807, 2.05) is 6.07 Å². The third-order valence-electron chi connectivity index (χ3n) is 1.09. The largest absolute Gasteiger partial charge is 0.481 e. The molecule has 0 saturated carbocycles. The van der Waals surface area contributed by atoms with Crippen molar-refractivity contribution in [2.45, 2.75) is 5.03 Å². The molecule has 1 heterocycles. The highest BCUT2D eigenvalue weighted by Gasteiger charge is 2.01. The van der Waals surface area contributed by atoms with Gasteiger partial charge in [-0.1, -0.05) is 11.8 Å². The summed E-state index contributed by atoms with van der Waals surface area (Å²) in [4.78, 5) is 17.7. The summed E-state index contributed by atoms with van der Waals surface area (Å²) in [6.45, 7) is 0. The lowest BCUT2D eigenvalue weighted by molar-refractivity contribution is -0.133. The zero-order chi connectivity index (χ0) is 9.68. The van der Waals surface area contributed by atoms with Crippen LogP contribution in [0.5, 0.6) is 0 Å². The fourth-order valence-corrected chi connectivity index (χ4v) is 1.11. The van der Waals surface area contributed by atoms with Crippen molar-refractivity contribution in [3.8, 4) is 6.07 Å². The van der Waals surface area contributed by atoms with Gasteiger partial charge in [0.1, 0.15) is 11.1 Å². The van der Waals surface area contributed by atoms with Crippen molar-refractivity contribution in [3.63, 3.8) is 0 Å². The van der Waals surface area contributed by atoms with Crippen molar-refractivity contribution in [3.05, 3.63) is 18.1 Å². The molecule has 0 atom stereocenters. The Labute approximate surface area is 78.4 Å². The van der Waals surface area contributed by atoms with Gasteiger partial charge in [0.25, 0.3) is 0 Å². The molecule has 5 nitrogen and oxygen atoms in total. The number of aromatic nitrogens is 2. The maximum atomic E-state index is 10.2.